The van der Waals surface area contributed by atoms with Crippen molar-refractivity contribution in [1.82, 2.24) is 4.90 Å². The Balaban J connectivity index is 1.94. The fraction of sp³-hybridized carbons (Fsp3) is 0.588. The lowest BCUT2D eigenvalue weighted by Gasteiger charge is -2.29. The number of rotatable bonds is 8. The Morgan fingerprint density at radius 1 is 1.43 bits per heavy atom. The molecule has 116 valence electrons. The number of aliphatic carboxylic acids is 1. The van der Waals surface area contributed by atoms with Gasteiger partial charge in [0.25, 0.3) is 0 Å². The lowest BCUT2D eigenvalue weighted by molar-refractivity contribution is -0.138. The van der Waals surface area contributed by atoms with Gasteiger partial charge in [-0.1, -0.05) is 18.2 Å². The molecule has 4 nitrogen and oxygen atoms in total. The second-order valence-corrected chi connectivity index (χ2v) is 6.35. The number of hydrogen-bond donors (Lipinski definition) is 1. The Hall–Kier alpha value is -1.55. The molecule has 4 heteroatoms. The van der Waals surface area contributed by atoms with Crippen molar-refractivity contribution < 1.29 is 14.6 Å². The van der Waals surface area contributed by atoms with Gasteiger partial charge >= 0.3 is 5.97 Å². The monoisotopic (exact) mass is 291 g/mol. The molecular weight excluding hydrogens is 266 g/mol. The van der Waals surface area contributed by atoms with Crippen molar-refractivity contribution in [2.45, 2.75) is 38.6 Å². The molecule has 0 radical (unpaired) electrons. The van der Waals surface area contributed by atoms with Gasteiger partial charge in [-0.3, -0.25) is 4.79 Å². The third kappa shape index (κ3) is 4.21. The van der Waals surface area contributed by atoms with E-state index in [1.54, 1.807) is 7.11 Å². The predicted octanol–water partition coefficient (Wildman–Crippen LogP) is 2.81. The molecule has 1 unspecified atom stereocenters. The average Bonchev–Trinajstić information content (AvgIpc) is 3.17. The van der Waals surface area contributed by atoms with E-state index in [4.69, 9.17) is 9.84 Å². The minimum atomic E-state index is -0.682. The summed E-state index contributed by atoms with van der Waals surface area (Å²) in [6, 6.07) is 8.43. The SMILES string of the molecule is COc1ccccc1CC(C)N(C)CC1(CC(=O)O)CC1. The highest BCUT2D eigenvalue weighted by molar-refractivity contribution is 5.68. The van der Waals surface area contributed by atoms with Gasteiger partial charge in [-0.25, -0.2) is 0 Å². The van der Waals surface area contributed by atoms with Crippen molar-refractivity contribution in [2.75, 3.05) is 20.7 Å². The Kier molecular flexibility index (Phi) is 4.88. The molecule has 1 aromatic rings. The van der Waals surface area contributed by atoms with Gasteiger partial charge in [0.05, 0.1) is 13.5 Å². The largest absolute Gasteiger partial charge is 0.496 e. The summed E-state index contributed by atoms with van der Waals surface area (Å²) in [5.41, 5.74) is 1.21. The number of carbonyl (C=O) groups is 1. The summed E-state index contributed by atoms with van der Waals surface area (Å²) < 4.78 is 5.40. The molecule has 0 spiro atoms. The van der Waals surface area contributed by atoms with Crippen LogP contribution in [0.2, 0.25) is 0 Å². The normalized spacial score (nSPS) is 17.5. The number of benzene rings is 1. The molecule has 1 aliphatic carbocycles. The molecule has 1 saturated carbocycles. The number of likely N-dealkylation sites (N-methyl/N-ethyl adjacent to an activating group) is 1. The number of carboxylic acids is 1. The maximum atomic E-state index is 10.9. The molecule has 2 rings (SSSR count). The van der Waals surface area contributed by atoms with E-state index < -0.39 is 5.97 Å². The Bertz CT molecular complexity index is 497. The van der Waals surface area contributed by atoms with Crippen molar-refractivity contribution in [2.24, 2.45) is 5.41 Å². The number of para-hydroxylation sites is 1. The standard InChI is InChI=1S/C17H25NO3/c1-13(10-14-6-4-5-7-15(14)21-3)18(2)12-17(8-9-17)11-16(19)20/h4-7,13H,8-12H2,1-3H3,(H,19,20). The van der Waals surface area contributed by atoms with Crippen molar-refractivity contribution in [3.05, 3.63) is 29.8 Å². The third-order valence-electron chi connectivity index (χ3n) is 4.53. The first kappa shape index (κ1) is 15.8. The Morgan fingerprint density at radius 2 is 2.10 bits per heavy atom. The smallest absolute Gasteiger partial charge is 0.303 e. The molecule has 1 aromatic carbocycles. The number of ether oxygens (including phenoxy) is 1. The van der Waals surface area contributed by atoms with Crippen LogP contribution < -0.4 is 4.74 Å². The third-order valence-corrected chi connectivity index (χ3v) is 4.53. The highest BCUT2D eigenvalue weighted by Gasteiger charge is 2.45. The van der Waals surface area contributed by atoms with Crippen LogP contribution in [-0.2, 0) is 11.2 Å². The van der Waals surface area contributed by atoms with E-state index in [9.17, 15) is 4.79 Å². The zero-order valence-corrected chi connectivity index (χ0v) is 13.1. The molecule has 0 amide bonds. The molecule has 1 N–H and O–H groups in total. The quantitative estimate of drug-likeness (QED) is 0.800. The second-order valence-electron chi connectivity index (χ2n) is 6.35. The van der Waals surface area contributed by atoms with Gasteiger partial charge in [-0.2, -0.15) is 0 Å². The van der Waals surface area contributed by atoms with Gasteiger partial charge in [0, 0.05) is 12.6 Å². The van der Waals surface area contributed by atoms with E-state index in [0.29, 0.717) is 12.5 Å². The first-order valence-electron chi connectivity index (χ1n) is 7.50. The molecule has 0 saturated heterocycles. The van der Waals surface area contributed by atoms with E-state index in [2.05, 4.69) is 24.9 Å². The molecular formula is C17H25NO3. The minimum Gasteiger partial charge on any atom is -0.496 e. The molecule has 0 bridgehead atoms. The molecule has 0 aromatic heterocycles. The summed E-state index contributed by atoms with van der Waals surface area (Å²) in [6.45, 7) is 3.04. The fourth-order valence-electron chi connectivity index (χ4n) is 2.92. The summed E-state index contributed by atoms with van der Waals surface area (Å²) in [4.78, 5) is 13.2. The Labute approximate surface area is 126 Å². The molecule has 1 atom stereocenters. The van der Waals surface area contributed by atoms with Crippen LogP contribution in [0.15, 0.2) is 24.3 Å². The van der Waals surface area contributed by atoms with Crippen LogP contribution in [0.3, 0.4) is 0 Å². The number of methoxy groups -OCH3 is 1. The lowest BCUT2D eigenvalue weighted by Crippen LogP contribution is -2.36. The topological polar surface area (TPSA) is 49.8 Å². The molecule has 1 aliphatic rings. The minimum absolute atomic E-state index is 0.00954. The lowest BCUT2D eigenvalue weighted by atomic mass is 9.99. The zero-order valence-electron chi connectivity index (χ0n) is 13.1. The first-order chi connectivity index (χ1) is 9.96. The van der Waals surface area contributed by atoms with Crippen LogP contribution in [0.25, 0.3) is 0 Å². The van der Waals surface area contributed by atoms with Crippen molar-refractivity contribution in [1.29, 1.82) is 0 Å². The van der Waals surface area contributed by atoms with E-state index in [1.807, 2.05) is 18.2 Å². The fourth-order valence-corrected chi connectivity index (χ4v) is 2.92. The molecule has 21 heavy (non-hydrogen) atoms. The predicted molar refractivity (Wildman–Crippen MR) is 82.7 cm³/mol. The van der Waals surface area contributed by atoms with E-state index in [0.717, 1.165) is 31.6 Å². The van der Waals surface area contributed by atoms with Gasteiger partial charge < -0.3 is 14.7 Å². The maximum Gasteiger partial charge on any atom is 0.303 e. The number of hydrogen-bond acceptors (Lipinski definition) is 3. The second kappa shape index (κ2) is 6.48. The summed E-state index contributed by atoms with van der Waals surface area (Å²) in [7, 11) is 3.78. The van der Waals surface area contributed by atoms with Gasteiger partial charge in [-0.05, 0) is 50.3 Å². The molecule has 0 heterocycles. The number of carboxylic acid groups (broad SMARTS) is 1. The summed E-state index contributed by atoms with van der Waals surface area (Å²) in [6.07, 6.45) is 3.26. The zero-order chi connectivity index (χ0) is 15.5. The van der Waals surface area contributed by atoms with E-state index in [1.165, 1.54) is 5.56 Å². The van der Waals surface area contributed by atoms with Gasteiger partial charge in [0.15, 0.2) is 0 Å². The maximum absolute atomic E-state index is 10.9. The summed E-state index contributed by atoms with van der Waals surface area (Å²) >= 11 is 0. The summed E-state index contributed by atoms with van der Waals surface area (Å²) in [5.74, 6) is 0.239. The van der Waals surface area contributed by atoms with Crippen LogP contribution in [-0.4, -0.2) is 42.7 Å². The van der Waals surface area contributed by atoms with Crippen molar-refractivity contribution in [3.8, 4) is 5.75 Å². The van der Waals surface area contributed by atoms with Crippen LogP contribution >= 0.6 is 0 Å². The van der Waals surface area contributed by atoms with Gasteiger partial charge in [0.2, 0.25) is 0 Å². The van der Waals surface area contributed by atoms with Crippen LogP contribution in [0.4, 0.5) is 0 Å². The highest BCUT2D eigenvalue weighted by atomic mass is 16.5. The molecule has 0 aliphatic heterocycles. The van der Waals surface area contributed by atoms with E-state index in [-0.39, 0.29) is 5.41 Å². The van der Waals surface area contributed by atoms with E-state index >= 15 is 0 Å². The van der Waals surface area contributed by atoms with Crippen LogP contribution in [0.5, 0.6) is 5.75 Å². The molecule has 1 fully saturated rings. The summed E-state index contributed by atoms with van der Waals surface area (Å²) in [5, 5.41) is 9.01. The average molecular weight is 291 g/mol. The van der Waals surface area contributed by atoms with Crippen LogP contribution in [0.1, 0.15) is 31.7 Å². The Morgan fingerprint density at radius 3 is 2.67 bits per heavy atom. The highest BCUT2D eigenvalue weighted by Crippen LogP contribution is 2.49. The number of nitrogens with zero attached hydrogens (tertiary/aromatic N) is 1. The van der Waals surface area contributed by atoms with Gasteiger partial charge in [-0.15, -0.1) is 0 Å². The van der Waals surface area contributed by atoms with Crippen molar-refractivity contribution >= 4 is 5.97 Å². The van der Waals surface area contributed by atoms with Crippen molar-refractivity contribution in [3.63, 3.8) is 0 Å². The first-order valence-corrected chi connectivity index (χ1v) is 7.50. The van der Waals surface area contributed by atoms with Crippen LogP contribution in [0, 0.1) is 5.41 Å². The van der Waals surface area contributed by atoms with Gasteiger partial charge in [0.1, 0.15) is 5.75 Å².